The minimum atomic E-state index is -4.75. The normalized spacial score (nSPS) is 15.1. The van der Waals surface area contributed by atoms with Crippen LogP contribution in [0.4, 0.5) is 24.5 Å². The summed E-state index contributed by atoms with van der Waals surface area (Å²) < 4.78 is 45.7. The van der Waals surface area contributed by atoms with Crippen LogP contribution in [0.25, 0.3) is 6.08 Å². The summed E-state index contributed by atoms with van der Waals surface area (Å²) >= 11 is 9.81. The topological polar surface area (TPSA) is 72.7 Å². The fraction of sp³-hybridized carbons (Fsp3) is 0.0435. The predicted octanol–water partition coefficient (Wildman–Crippen LogP) is 7.57. The van der Waals surface area contributed by atoms with Crippen molar-refractivity contribution >= 4 is 67.6 Å². The number of amides is 1. The molecule has 0 aromatic heterocycles. The number of para-hydroxylation sites is 1. The third-order valence-electron chi connectivity index (χ3n) is 4.77. The maximum absolute atomic E-state index is 13.1. The van der Waals surface area contributed by atoms with Gasteiger partial charge in [0.1, 0.15) is 5.75 Å². The smallest absolute Gasteiger partial charge is 0.416 e. The van der Waals surface area contributed by atoms with Crippen LogP contribution in [0.15, 0.2) is 76.1 Å². The number of benzene rings is 3. The Balaban J connectivity index is 1.68. The number of anilines is 1. The fourth-order valence-electron chi connectivity index (χ4n) is 3.18. The molecular weight excluding hydrogens is 569 g/mol. The van der Waals surface area contributed by atoms with E-state index in [-0.39, 0.29) is 22.3 Å². The number of rotatable bonds is 5. The highest BCUT2D eigenvalue weighted by molar-refractivity contribution is 9.10. The van der Waals surface area contributed by atoms with E-state index in [1.54, 1.807) is 36.4 Å². The van der Waals surface area contributed by atoms with Crippen LogP contribution >= 0.6 is 39.9 Å². The Bertz CT molecular complexity index is 1400. The van der Waals surface area contributed by atoms with E-state index < -0.39 is 22.4 Å². The van der Waals surface area contributed by atoms with Crippen molar-refractivity contribution in [3.05, 3.63) is 97.3 Å². The molecule has 1 fully saturated rings. The zero-order chi connectivity index (χ0) is 25.3. The van der Waals surface area contributed by atoms with Gasteiger partial charge >= 0.3 is 11.9 Å². The molecule has 1 aliphatic rings. The molecule has 35 heavy (non-hydrogen) atoms. The molecule has 3 aromatic carbocycles. The minimum Gasteiger partial charge on any atom is -0.449 e. The summed E-state index contributed by atoms with van der Waals surface area (Å²) in [6, 6.07) is 15.4. The molecule has 0 N–H and O–H groups in total. The third-order valence-corrected chi connectivity index (χ3v) is 6.56. The second kappa shape index (κ2) is 9.80. The van der Waals surface area contributed by atoms with Crippen molar-refractivity contribution in [2.45, 2.75) is 6.18 Å². The summed E-state index contributed by atoms with van der Waals surface area (Å²) in [7, 11) is 0. The molecule has 4 rings (SSSR count). The first kappa shape index (κ1) is 24.9. The third kappa shape index (κ3) is 5.39. The average molecular weight is 581 g/mol. The zero-order valence-corrected chi connectivity index (χ0v) is 20.5. The number of ether oxygens (including phenoxy) is 1. The lowest BCUT2D eigenvalue weighted by atomic mass is 10.1. The van der Waals surface area contributed by atoms with Gasteiger partial charge in [0.15, 0.2) is 4.32 Å². The molecule has 3 aromatic rings. The highest BCUT2D eigenvalue weighted by Crippen LogP contribution is 2.41. The summed E-state index contributed by atoms with van der Waals surface area (Å²) in [5.74, 6) is -0.623. The molecule has 1 amide bonds. The molecule has 1 saturated heterocycles. The number of nitro groups is 1. The first-order valence-corrected chi connectivity index (χ1v) is 11.7. The standard InChI is InChI=1S/C23H12BrF3N2O4S2/c24-15-5-3-6-16(12-15)28-21(30)20(35-22(28)34)10-13-4-1-2-7-18(13)33-19-9-8-14(23(25,26)27)11-17(19)29(31)32/h1-12H/b20-10+. The Labute approximate surface area is 214 Å². The van der Waals surface area contributed by atoms with E-state index in [0.717, 1.165) is 22.3 Å². The van der Waals surface area contributed by atoms with E-state index in [1.807, 2.05) is 6.07 Å². The quantitative estimate of drug-likeness (QED) is 0.134. The largest absolute Gasteiger partial charge is 0.449 e. The maximum Gasteiger partial charge on any atom is 0.416 e. The van der Waals surface area contributed by atoms with Gasteiger partial charge in [-0.2, -0.15) is 13.2 Å². The highest BCUT2D eigenvalue weighted by Gasteiger charge is 2.35. The Hall–Kier alpha value is -3.22. The van der Waals surface area contributed by atoms with Gasteiger partial charge in [0, 0.05) is 16.1 Å². The Morgan fingerprint density at radius 1 is 1.06 bits per heavy atom. The van der Waals surface area contributed by atoms with Crippen molar-refractivity contribution < 1.29 is 27.6 Å². The summed E-state index contributed by atoms with van der Waals surface area (Å²) in [5, 5.41) is 11.4. The zero-order valence-electron chi connectivity index (χ0n) is 17.3. The number of hydrogen-bond acceptors (Lipinski definition) is 6. The molecule has 178 valence electrons. The van der Waals surface area contributed by atoms with Crippen molar-refractivity contribution in [2.75, 3.05) is 4.90 Å². The van der Waals surface area contributed by atoms with Gasteiger partial charge in [-0.3, -0.25) is 19.8 Å². The summed E-state index contributed by atoms with van der Waals surface area (Å²) in [4.78, 5) is 25.2. The Morgan fingerprint density at radius 3 is 2.49 bits per heavy atom. The number of carbonyl (C=O) groups excluding carboxylic acids is 1. The molecular formula is C23H12BrF3N2O4S2. The first-order chi connectivity index (χ1) is 16.5. The van der Waals surface area contributed by atoms with Crippen molar-refractivity contribution in [1.29, 1.82) is 0 Å². The van der Waals surface area contributed by atoms with Crippen molar-refractivity contribution in [1.82, 2.24) is 0 Å². The summed E-state index contributed by atoms with van der Waals surface area (Å²) in [6.45, 7) is 0. The van der Waals surface area contributed by atoms with E-state index in [2.05, 4.69) is 15.9 Å². The first-order valence-electron chi connectivity index (χ1n) is 9.70. The second-order valence-electron chi connectivity index (χ2n) is 7.07. The molecule has 0 unspecified atom stereocenters. The van der Waals surface area contributed by atoms with Gasteiger partial charge < -0.3 is 4.74 Å². The number of thiocarbonyl (C=S) groups is 1. The van der Waals surface area contributed by atoms with Crippen molar-refractivity contribution in [2.24, 2.45) is 0 Å². The van der Waals surface area contributed by atoms with Crippen LogP contribution in [-0.4, -0.2) is 15.2 Å². The van der Waals surface area contributed by atoms with Crippen LogP contribution in [0.1, 0.15) is 11.1 Å². The predicted molar refractivity (Wildman–Crippen MR) is 134 cm³/mol. The Morgan fingerprint density at radius 2 is 1.80 bits per heavy atom. The number of nitrogens with zero attached hydrogens (tertiary/aromatic N) is 2. The number of thioether (sulfide) groups is 1. The molecule has 1 heterocycles. The number of halogens is 4. The van der Waals surface area contributed by atoms with E-state index in [0.29, 0.717) is 27.7 Å². The molecule has 0 radical (unpaired) electrons. The molecule has 1 aliphatic heterocycles. The monoisotopic (exact) mass is 580 g/mol. The molecule has 6 nitrogen and oxygen atoms in total. The number of hydrogen-bond donors (Lipinski definition) is 0. The molecule has 12 heteroatoms. The van der Waals surface area contributed by atoms with Gasteiger partial charge in [-0.25, -0.2) is 0 Å². The van der Waals surface area contributed by atoms with Crippen LogP contribution < -0.4 is 9.64 Å². The summed E-state index contributed by atoms with van der Waals surface area (Å²) in [5.41, 5.74) is -1.04. The summed E-state index contributed by atoms with van der Waals surface area (Å²) in [6.07, 6.45) is -3.23. The molecule has 0 bridgehead atoms. The number of carbonyl (C=O) groups is 1. The maximum atomic E-state index is 13.1. The van der Waals surface area contributed by atoms with E-state index in [4.69, 9.17) is 17.0 Å². The second-order valence-corrected chi connectivity index (χ2v) is 9.67. The van der Waals surface area contributed by atoms with Gasteiger partial charge in [0.2, 0.25) is 5.75 Å². The van der Waals surface area contributed by atoms with Crippen LogP contribution in [0.5, 0.6) is 11.5 Å². The van der Waals surface area contributed by atoms with Gasteiger partial charge in [-0.1, -0.05) is 64.2 Å². The van der Waals surface area contributed by atoms with E-state index in [9.17, 15) is 28.1 Å². The van der Waals surface area contributed by atoms with Gasteiger partial charge in [0.05, 0.1) is 21.1 Å². The van der Waals surface area contributed by atoms with Crippen LogP contribution in [0.3, 0.4) is 0 Å². The lowest BCUT2D eigenvalue weighted by Gasteiger charge is -2.14. The van der Waals surface area contributed by atoms with E-state index in [1.165, 1.54) is 17.0 Å². The van der Waals surface area contributed by atoms with E-state index >= 15 is 0 Å². The minimum absolute atomic E-state index is 0.114. The number of alkyl halides is 3. The Kier molecular flexibility index (Phi) is 6.97. The van der Waals surface area contributed by atoms with Gasteiger partial charge in [-0.15, -0.1) is 0 Å². The highest BCUT2D eigenvalue weighted by atomic mass is 79.9. The molecule has 0 spiro atoms. The van der Waals surface area contributed by atoms with Crippen molar-refractivity contribution in [3.8, 4) is 11.5 Å². The van der Waals surface area contributed by atoms with Gasteiger partial charge in [0.25, 0.3) is 5.91 Å². The van der Waals surface area contributed by atoms with Crippen LogP contribution in [0, 0.1) is 10.1 Å². The van der Waals surface area contributed by atoms with Crippen LogP contribution in [0.2, 0.25) is 0 Å². The van der Waals surface area contributed by atoms with Gasteiger partial charge in [-0.05, 0) is 42.5 Å². The average Bonchev–Trinajstić information content (AvgIpc) is 3.07. The number of nitro benzene ring substituents is 1. The molecule has 0 aliphatic carbocycles. The molecule has 0 saturated carbocycles. The SMILES string of the molecule is O=C1/C(=C\c2ccccc2Oc2ccc(C(F)(F)F)cc2[N+](=O)[O-])SC(=S)N1c1cccc(Br)c1. The molecule has 0 atom stereocenters. The lowest BCUT2D eigenvalue weighted by molar-refractivity contribution is -0.385. The van der Waals surface area contributed by atoms with Crippen molar-refractivity contribution in [3.63, 3.8) is 0 Å². The van der Waals surface area contributed by atoms with Crippen LogP contribution in [-0.2, 0) is 11.0 Å². The fourth-order valence-corrected chi connectivity index (χ4v) is 4.86. The lowest BCUT2D eigenvalue weighted by Crippen LogP contribution is -2.27.